The number of fused-ring (bicyclic) bond motifs is 1. The highest BCUT2D eigenvalue weighted by atomic mass is 19.1. The SMILES string of the molecule is Cc1cccc(C(N)c2ccc3c(c2)CCCO3)c1F. The van der Waals surface area contributed by atoms with E-state index >= 15 is 0 Å². The molecule has 1 aliphatic rings. The molecule has 1 aliphatic heterocycles. The molecular formula is C17H18FNO. The first-order valence-corrected chi connectivity index (χ1v) is 6.93. The lowest BCUT2D eigenvalue weighted by Gasteiger charge is -2.20. The van der Waals surface area contributed by atoms with E-state index in [-0.39, 0.29) is 5.82 Å². The summed E-state index contributed by atoms with van der Waals surface area (Å²) in [4.78, 5) is 0. The van der Waals surface area contributed by atoms with Crippen LogP contribution >= 0.6 is 0 Å². The molecule has 20 heavy (non-hydrogen) atoms. The summed E-state index contributed by atoms with van der Waals surface area (Å²) < 4.78 is 19.8. The van der Waals surface area contributed by atoms with Gasteiger partial charge in [0.2, 0.25) is 0 Å². The average Bonchev–Trinajstić information content (AvgIpc) is 2.49. The summed E-state index contributed by atoms with van der Waals surface area (Å²) in [6.45, 7) is 2.52. The summed E-state index contributed by atoms with van der Waals surface area (Å²) in [5.41, 5.74) is 9.50. The van der Waals surface area contributed by atoms with Gasteiger partial charge in [0.1, 0.15) is 11.6 Å². The number of halogens is 1. The Balaban J connectivity index is 1.98. The van der Waals surface area contributed by atoms with Gasteiger partial charge >= 0.3 is 0 Å². The van der Waals surface area contributed by atoms with Gasteiger partial charge in [0.25, 0.3) is 0 Å². The smallest absolute Gasteiger partial charge is 0.131 e. The zero-order chi connectivity index (χ0) is 14.1. The van der Waals surface area contributed by atoms with Crippen LogP contribution in [0.4, 0.5) is 4.39 Å². The molecule has 1 heterocycles. The number of hydrogen-bond acceptors (Lipinski definition) is 2. The van der Waals surface area contributed by atoms with E-state index < -0.39 is 6.04 Å². The van der Waals surface area contributed by atoms with Gasteiger partial charge < -0.3 is 10.5 Å². The number of ether oxygens (including phenoxy) is 1. The maximum absolute atomic E-state index is 14.2. The van der Waals surface area contributed by atoms with E-state index in [0.717, 1.165) is 36.3 Å². The summed E-state index contributed by atoms with van der Waals surface area (Å²) in [7, 11) is 0. The van der Waals surface area contributed by atoms with E-state index in [0.29, 0.717) is 11.1 Å². The average molecular weight is 271 g/mol. The van der Waals surface area contributed by atoms with Crippen LogP contribution in [0, 0.1) is 12.7 Å². The summed E-state index contributed by atoms with van der Waals surface area (Å²) >= 11 is 0. The Hall–Kier alpha value is -1.87. The van der Waals surface area contributed by atoms with E-state index in [2.05, 4.69) is 0 Å². The fourth-order valence-electron chi connectivity index (χ4n) is 2.66. The standard InChI is InChI=1S/C17H18FNO/c1-11-4-2-6-14(16(11)18)17(19)13-7-8-15-12(10-13)5-3-9-20-15/h2,4,6-8,10,17H,3,5,9,19H2,1H3. The first-order chi connectivity index (χ1) is 9.66. The minimum atomic E-state index is -0.442. The molecule has 1 atom stereocenters. The molecule has 2 aromatic rings. The second-order valence-corrected chi connectivity index (χ2v) is 5.27. The topological polar surface area (TPSA) is 35.2 Å². The number of nitrogens with two attached hydrogens (primary N) is 1. The first-order valence-electron chi connectivity index (χ1n) is 6.93. The van der Waals surface area contributed by atoms with Crippen molar-refractivity contribution < 1.29 is 9.13 Å². The van der Waals surface area contributed by atoms with Gasteiger partial charge in [-0.2, -0.15) is 0 Å². The van der Waals surface area contributed by atoms with Gasteiger partial charge in [-0.25, -0.2) is 4.39 Å². The van der Waals surface area contributed by atoms with Gasteiger partial charge in [-0.05, 0) is 42.5 Å². The highest BCUT2D eigenvalue weighted by Crippen LogP contribution is 2.30. The molecule has 0 saturated heterocycles. The van der Waals surface area contributed by atoms with Gasteiger partial charge in [0.05, 0.1) is 12.6 Å². The maximum atomic E-state index is 14.2. The number of hydrogen-bond donors (Lipinski definition) is 1. The molecule has 0 spiro atoms. The summed E-state index contributed by atoms with van der Waals surface area (Å²) in [6.07, 6.45) is 2.01. The second-order valence-electron chi connectivity index (χ2n) is 5.27. The van der Waals surface area contributed by atoms with E-state index in [4.69, 9.17) is 10.5 Å². The molecule has 2 N–H and O–H groups in total. The van der Waals surface area contributed by atoms with Crippen LogP contribution in [0.15, 0.2) is 36.4 Å². The van der Waals surface area contributed by atoms with Gasteiger partial charge in [0.15, 0.2) is 0 Å². The molecule has 0 saturated carbocycles. The normalized spacial score (nSPS) is 15.3. The van der Waals surface area contributed by atoms with Crippen LogP contribution in [0.1, 0.15) is 34.7 Å². The Bertz CT molecular complexity index is 639. The lowest BCUT2D eigenvalue weighted by Crippen LogP contribution is -2.16. The van der Waals surface area contributed by atoms with Crippen LogP contribution in [0.5, 0.6) is 5.75 Å². The Morgan fingerprint density at radius 1 is 1.25 bits per heavy atom. The number of rotatable bonds is 2. The van der Waals surface area contributed by atoms with Crippen molar-refractivity contribution in [3.05, 3.63) is 64.5 Å². The van der Waals surface area contributed by atoms with Crippen LogP contribution in [0.25, 0.3) is 0 Å². The fraction of sp³-hybridized carbons (Fsp3) is 0.294. The van der Waals surface area contributed by atoms with Crippen LogP contribution in [-0.4, -0.2) is 6.61 Å². The lowest BCUT2D eigenvalue weighted by atomic mass is 9.94. The molecule has 2 nitrogen and oxygen atoms in total. The summed E-state index contributed by atoms with van der Waals surface area (Å²) in [6, 6.07) is 10.8. The Kier molecular flexibility index (Phi) is 3.45. The minimum Gasteiger partial charge on any atom is -0.493 e. The van der Waals surface area contributed by atoms with Crippen LogP contribution in [0.3, 0.4) is 0 Å². The Morgan fingerprint density at radius 3 is 2.95 bits per heavy atom. The number of aryl methyl sites for hydroxylation is 2. The molecule has 1 unspecified atom stereocenters. The molecule has 0 fully saturated rings. The molecule has 0 amide bonds. The van der Waals surface area contributed by atoms with Gasteiger partial charge in [-0.15, -0.1) is 0 Å². The van der Waals surface area contributed by atoms with Gasteiger partial charge in [-0.3, -0.25) is 0 Å². The van der Waals surface area contributed by atoms with Crippen molar-refractivity contribution in [2.45, 2.75) is 25.8 Å². The van der Waals surface area contributed by atoms with E-state index in [1.165, 1.54) is 0 Å². The zero-order valence-corrected chi connectivity index (χ0v) is 11.5. The molecule has 0 bridgehead atoms. The molecule has 0 aliphatic carbocycles. The summed E-state index contributed by atoms with van der Waals surface area (Å²) in [5.74, 6) is 0.714. The predicted molar refractivity (Wildman–Crippen MR) is 77.4 cm³/mol. The molecule has 3 heteroatoms. The predicted octanol–water partition coefficient (Wildman–Crippen LogP) is 3.51. The molecule has 3 rings (SSSR count). The van der Waals surface area contributed by atoms with Crippen molar-refractivity contribution in [3.63, 3.8) is 0 Å². The third-order valence-corrected chi connectivity index (χ3v) is 3.85. The van der Waals surface area contributed by atoms with Crippen molar-refractivity contribution in [2.24, 2.45) is 5.73 Å². The Morgan fingerprint density at radius 2 is 2.10 bits per heavy atom. The molecule has 0 radical (unpaired) electrons. The fourth-order valence-corrected chi connectivity index (χ4v) is 2.66. The minimum absolute atomic E-state index is 0.214. The van der Waals surface area contributed by atoms with Crippen molar-refractivity contribution in [1.82, 2.24) is 0 Å². The van der Waals surface area contributed by atoms with Crippen LogP contribution < -0.4 is 10.5 Å². The highest BCUT2D eigenvalue weighted by molar-refractivity contribution is 5.43. The Labute approximate surface area is 118 Å². The maximum Gasteiger partial charge on any atom is 0.131 e. The number of benzene rings is 2. The van der Waals surface area contributed by atoms with Crippen LogP contribution in [0.2, 0.25) is 0 Å². The lowest BCUT2D eigenvalue weighted by molar-refractivity contribution is 0.288. The van der Waals surface area contributed by atoms with Crippen molar-refractivity contribution in [1.29, 1.82) is 0 Å². The molecule has 104 valence electrons. The van der Waals surface area contributed by atoms with E-state index in [1.54, 1.807) is 19.1 Å². The monoisotopic (exact) mass is 271 g/mol. The van der Waals surface area contributed by atoms with Crippen molar-refractivity contribution in [2.75, 3.05) is 6.61 Å². The largest absolute Gasteiger partial charge is 0.493 e. The van der Waals surface area contributed by atoms with Gasteiger partial charge in [0, 0.05) is 5.56 Å². The van der Waals surface area contributed by atoms with Gasteiger partial charge in [-0.1, -0.05) is 30.3 Å². The third kappa shape index (κ3) is 2.29. The van der Waals surface area contributed by atoms with Crippen LogP contribution in [-0.2, 0) is 6.42 Å². The molecule has 2 aromatic carbocycles. The zero-order valence-electron chi connectivity index (χ0n) is 11.5. The van der Waals surface area contributed by atoms with E-state index in [9.17, 15) is 4.39 Å². The molecular weight excluding hydrogens is 253 g/mol. The quantitative estimate of drug-likeness (QED) is 0.907. The molecule has 0 aromatic heterocycles. The first kappa shape index (κ1) is 13.1. The van der Waals surface area contributed by atoms with E-state index in [1.807, 2.05) is 24.3 Å². The summed E-state index contributed by atoms with van der Waals surface area (Å²) in [5, 5.41) is 0. The van der Waals surface area contributed by atoms with Crippen molar-refractivity contribution >= 4 is 0 Å². The second kappa shape index (κ2) is 5.25. The third-order valence-electron chi connectivity index (χ3n) is 3.85. The highest BCUT2D eigenvalue weighted by Gasteiger charge is 2.17. The van der Waals surface area contributed by atoms with Crippen molar-refractivity contribution in [3.8, 4) is 5.75 Å².